The summed E-state index contributed by atoms with van der Waals surface area (Å²) in [6.07, 6.45) is 5.39. The first kappa shape index (κ1) is 32.6. The van der Waals surface area contributed by atoms with E-state index < -0.39 is 39.5 Å². The van der Waals surface area contributed by atoms with E-state index in [0.717, 1.165) is 24.0 Å². The monoisotopic (exact) mass is 558 g/mol. The minimum Gasteiger partial charge on any atom is -0.460 e. The Hall–Kier alpha value is -1.62. The molecule has 0 bridgehead atoms. The van der Waals surface area contributed by atoms with Crippen molar-refractivity contribution >= 4 is 22.4 Å². The van der Waals surface area contributed by atoms with Gasteiger partial charge in [0.25, 0.3) is 0 Å². The Morgan fingerprint density at radius 2 is 1.76 bits per heavy atom. The highest BCUT2D eigenvalue weighted by molar-refractivity contribution is 6.83. The van der Waals surface area contributed by atoms with Crippen LogP contribution in [0.4, 0.5) is 0 Å². The van der Waals surface area contributed by atoms with Gasteiger partial charge in [0.15, 0.2) is 19.7 Å². The first-order valence-corrected chi connectivity index (χ1v) is 20.1. The predicted molar refractivity (Wildman–Crippen MR) is 161 cm³/mol. The van der Waals surface area contributed by atoms with Crippen molar-refractivity contribution < 1.29 is 23.4 Å². The van der Waals surface area contributed by atoms with Crippen LogP contribution in [0.15, 0.2) is 23.3 Å². The standard InChI is InChI=1S/C31H50O5Si2/c1-28(2,3)35-27(32)22-31(26-23-33-30(7,8)34-26,36-38(12,13)29(4,5)6)20-19-25-17-14-16-24(25)18-15-21-37(9,10)11/h17-18,26H,14,16,22-23H2,1-13H3/b24-18-/t26-,31+/m1/s1. The number of esters is 1. The summed E-state index contributed by atoms with van der Waals surface area (Å²) in [5, 5.41) is -0.104. The van der Waals surface area contributed by atoms with Crippen LogP contribution < -0.4 is 0 Å². The molecule has 0 saturated carbocycles. The summed E-state index contributed by atoms with van der Waals surface area (Å²) in [6.45, 7) is 27.2. The van der Waals surface area contributed by atoms with Crippen LogP contribution in [0, 0.1) is 23.3 Å². The molecule has 1 aliphatic heterocycles. The Kier molecular flexibility index (Phi) is 9.84. The Bertz CT molecular complexity index is 1070. The van der Waals surface area contributed by atoms with E-state index in [0.29, 0.717) is 0 Å². The number of hydrogen-bond acceptors (Lipinski definition) is 5. The van der Waals surface area contributed by atoms with Gasteiger partial charge in [0.05, 0.1) is 13.0 Å². The van der Waals surface area contributed by atoms with Crippen molar-refractivity contribution in [3.63, 3.8) is 0 Å². The zero-order valence-electron chi connectivity index (χ0n) is 26.1. The largest absolute Gasteiger partial charge is 0.460 e. The molecule has 0 radical (unpaired) electrons. The van der Waals surface area contributed by atoms with E-state index in [2.05, 4.69) is 82.9 Å². The number of ether oxygens (including phenoxy) is 3. The van der Waals surface area contributed by atoms with Crippen LogP contribution in [0.5, 0.6) is 0 Å². The predicted octanol–water partition coefficient (Wildman–Crippen LogP) is 7.16. The third-order valence-electron chi connectivity index (χ3n) is 6.81. The smallest absolute Gasteiger partial charge is 0.310 e. The molecule has 0 amide bonds. The van der Waals surface area contributed by atoms with Crippen LogP contribution in [0.2, 0.25) is 37.8 Å². The summed E-state index contributed by atoms with van der Waals surface area (Å²) >= 11 is 0. The molecule has 38 heavy (non-hydrogen) atoms. The summed E-state index contributed by atoms with van der Waals surface area (Å²) in [7, 11) is -3.89. The number of carbonyl (C=O) groups excluding carboxylic acids is 1. The summed E-state index contributed by atoms with van der Waals surface area (Å²) in [5.74, 6) is 8.96. The maximum atomic E-state index is 13.3. The molecule has 5 nitrogen and oxygen atoms in total. The van der Waals surface area contributed by atoms with Crippen molar-refractivity contribution in [3.05, 3.63) is 23.3 Å². The van der Waals surface area contributed by atoms with E-state index >= 15 is 0 Å². The van der Waals surface area contributed by atoms with Crippen molar-refractivity contribution in [2.24, 2.45) is 0 Å². The van der Waals surface area contributed by atoms with Crippen molar-refractivity contribution in [2.45, 2.75) is 136 Å². The average Bonchev–Trinajstić information content (AvgIpc) is 3.28. The fraction of sp³-hybridized carbons (Fsp3) is 0.710. The fourth-order valence-electron chi connectivity index (χ4n) is 3.91. The Morgan fingerprint density at radius 3 is 2.26 bits per heavy atom. The van der Waals surface area contributed by atoms with Gasteiger partial charge < -0.3 is 18.6 Å². The molecule has 2 aliphatic rings. The molecule has 0 N–H and O–H groups in total. The van der Waals surface area contributed by atoms with Gasteiger partial charge in [0, 0.05) is 5.57 Å². The van der Waals surface area contributed by atoms with E-state index in [4.69, 9.17) is 18.6 Å². The second-order valence-electron chi connectivity index (χ2n) is 14.4. The van der Waals surface area contributed by atoms with Crippen LogP contribution in [0.1, 0.15) is 74.7 Å². The second-order valence-corrected chi connectivity index (χ2v) is 23.9. The minimum atomic E-state index is -2.41. The van der Waals surface area contributed by atoms with Gasteiger partial charge in [-0.25, -0.2) is 0 Å². The van der Waals surface area contributed by atoms with Gasteiger partial charge in [-0.15, -0.1) is 5.54 Å². The zero-order valence-corrected chi connectivity index (χ0v) is 28.1. The number of hydrogen-bond donors (Lipinski definition) is 0. The molecule has 1 heterocycles. The average molecular weight is 559 g/mol. The molecule has 1 saturated heterocycles. The highest BCUT2D eigenvalue weighted by Crippen LogP contribution is 2.43. The number of allylic oxidation sites excluding steroid dienone is 4. The first-order valence-electron chi connectivity index (χ1n) is 13.7. The Labute approximate surface area is 234 Å². The quantitative estimate of drug-likeness (QED) is 0.204. The maximum absolute atomic E-state index is 13.3. The van der Waals surface area contributed by atoms with Crippen molar-refractivity contribution in [3.8, 4) is 23.3 Å². The molecule has 1 fully saturated rings. The van der Waals surface area contributed by atoms with Crippen molar-refractivity contribution in [1.82, 2.24) is 0 Å². The molecule has 0 aromatic carbocycles. The summed E-state index contributed by atoms with van der Waals surface area (Å²) in [4.78, 5) is 13.3. The molecule has 7 heteroatoms. The lowest BCUT2D eigenvalue weighted by molar-refractivity contribution is -0.172. The van der Waals surface area contributed by atoms with Gasteiger partial charge >= 0.3 is 5.97 Å². The van der Waals surface area contributed by atoms with Gasteiger partial charge in [0.1, 0.15) is 19.8 Å². The highest BCUT2D eigenvalue weighted by Gasteiger charge is 2.54. The van der Waals surface area contributed by atoms with Crippen molar-refractivity contribution in [2.75, 3.05) is 6.61 Å². The van der Waals surface area contributed by atoms with Crippen LogP contribution in [0.3, 0.4) is 0 Å². The maximum Gasteiger partial charge on any atom is 0.310 e. The lowest BCUT2D eigenvalue weighted by Gasteiger charge is -2.45. The van der Waals surface area contributed by atoms with Crippen molar-refractivity contribution in [1.29, 1.82) is 0 Å². The summed E-state index contributed by atoms with van der Waals surface area (Å²) < 4.78 is 25.2. The Morgan fingerprint density at radius 1 is 1.13 bits per heavy atom. The van der Waals surface area contributed by atoms with Gasteiger partial charge in [-0.05, 0) is 77.2 Å². The van der Waals surface area contributed by atoms with Gasteiger partial charge in [-0.3, -0.25) is 4.79 Å². The Balaban J connectivity index is 2.63. The molecule has 1 aliphatic carbocycles. The van der Waals surface area contributed by atoms with E-state index in [1.54, 1.807) is 0 Å². The summed E-state index contributed by atoms with van der Waals surface area (Å²) in [6, 6.07) is 0. The van der Waals surface area contributed by atoms with Crippen LogP contribution in [-0.2, 0) is 23.4 Å². The van der Waals surface area contributed by atoms with Gasteiger partial charge in [-0.1, -0.05) is 64.2 Å². The molecule has 0 unspecified atom stereocenters. The second kappa shape index (κ2) is 11.5. The minimum absolute atomic E-state index is 0.0460. The highest BCUT2D eigenvalue weighted by atomic mass is 28.4. The molecule has 0 aromatic rings. The van der Waals surface area contributed by atoms with E-state index in [1.807, 2.05) is 40.7 Å². The molecule has 0 spiro atoms. The number of carbonyl (C=O) groups is 1. The molecule has 2 rings (SSSR count). The number of rotatable bonds is 5. The van der Waals surface area contributed by atoms with E-state index in [-0.39, 0.29) is 24.0 Å². The molecule has 212 valence electrons. The lowest BCUT2D eigenvalue weighted by Crippen LogP contribution is -2.57. The van der Waals surface area contributed by atoms with E-state index in [9.17, 15) is 4.79 Å². The van der Waals surface area contributed by atoms with E-state index in [1.165, 1.54) is 0 Å². The third kappa shape index (κ3) is 9.54. The summed E-state index contributed by atoms with van der Waals surface area (Å²) in [5.41, 5.74) is 3.64. The van der Waals surface area contributed by atoms with Crippen LogP contribution in [-0.4, -0.2) is 52.1 Å². The molecular formula is C31H50O5Si2. The topological polar surface area (TPSA) is 54.0 Å². The third-order valence-corrected chi connectivity index (χ3v) is 12.2. The molecule has 0 aromatic heterocycles. The van der Waals surface area contributed by atoms with Gasteiger partial charge in [-0.2, -0.15) is 0 Å². The van der Waals surface area contributed by atoms with Gasteiger partial charge in [0.2, 0.25) is 0 Å². The normalized spacial score (nSPS) is 22.6. The first-order chi connectivity index (χ1) is 17.0. The fourth-order valence-corrected chi connectivity index (χ4v) is 5.89. The van der Waals surface area contributed by atoms with Crippen LogP contribution in [0.25, 0.3) is 0 Å². The molecule has 2 atom stereocenters. The molecular weight excluding hydrogens is 509 g/mol. The lowest BCUT2D eigenvalue weighted by atomic mass is 9.92. The van der Waals surface area contributed by atoms with Crippen LogP contribution >= 0.6 is 0 Å². The SMILES string of the molecule is CC(C)(C)OC(=O)C[C@](C#CC1=CCC/C1=C/C#C[Si](C)(C)C)(O[Si](C)(C)C(C)(C)C)[C@H]1COC(C)(C)O1. The zero-order chi connectivity index (χ0) is 29.2.